The molecule has 0 aliphatic rings. The van der Waals surface area contributed by atoms with Gasteiger partial charge in [-0.3, -0.25) is 5.32 Å². The number of hydrogen-bond donors (Lipinski definition) is 1. The van der Waals surface area contributed by atoms with Gasteiger partial charge in [0.25, 0.3) is 0 Å². The van der Waals surface area contributed by atoms with Gasteiger partial charge in [0.05, 0.1) is 0 Å². The molecule has 1 heterocycles. The van der Waals surface area contributed by atoms with Crippen molar-refractivity contribution in [1.82, 2.24) is 15.5 Å². The fourth-order valence-electron chi connectivity index (χ4n) is 3.01. The Morgan fingerprint density at radius 1 is 0.893 bits per heavy atom. The van der Waals surface area contributed by atoms with Crippen LogP contribution in [0.1, 0.15) is 28.6 Å². The SMILES string of the molecule is Cc1ccc(CNC(c2nnc(-c3ccccc3)o2)c2ccccc2F)cc1. The molecule has 28 heavy (non-hydrogen) atoms. The lowest BCUT2D eigenvalue weighted by atomic mass is 10.1. The first-order valence-corrected chi connectivity index (χ1v) is 9.13. The molecule has 4 aromatic rings. The standard InChI is InChI=1S/C23H20FN3O/c1-16-11-13-17(14-12-16)15-25-21(19-9-5-6-10-20(19)24)23-27-26-22(28-23)18-7-3-2-4-8-18/h2-14,21,25H,15H2,1H3. The van der Waals surface area contributed by atoms with E-state index in [9.17, 15) is 4.39 Å². The molecule has 0 radical (unpaired) electrons. The highest BCUT2D eigenvalue weighted by atomic mass is 19.1. The zero-order valence-electron chi connectivity index (χ0n) is 15.5. The minimum Gasteiger partial charge on any atom is -0.419 e. The van der Waals surface area contributed by atoms with Crippen LogP contribution in [0.2, 0.25) is 0 Å². The molecular weight excluding hydrogens is 353 g/mol. The Kier molecular flexibility index (Phi) is 5.26. The topological polar surface area (TPSA) is 51.0 Å². The van der Waals surface area contributed by atoms with Crippen LogP contribution < -0.4 is 5.32 Å². The summed E-state index contributed by atoms with van der Waals surface area (Å²) in [6.07, 6.45) is 0. The molecule has 0 saturated heterocycles. The zero-order valence-corrected chi connectivity index (χ0v) is 15.5. The summed E-state index contributed by atoms with van der Waals surface area (Å²) in [6, 6.07) is 23.8. The van der Waals surface area contributed by atoms with E-state index < -0.39 is 6.04 Å². The predicted octanol–water partition coefficient (Wildman–Crippen LogP) is 5.06. The van der Waals surface area contributed by atoms with Crippen LogP contribution in [0.3, 0.4) is 0 Å². The fraction of sp³-hybridized carbons (Fsp3) is 0.130. The average Bonchev–Trinajstić information content (AvgIpc) is 3.21. The summed E-state index contributed by atoms with van der Waals surface area (Å²) in [6.45, 7) is 2.59. The summed E-state index contributed by atoms with van der Waals surface area (Å²) in [5.74, 6) is 0.425. The number of aryl methyl sites for hydroxylation is 1. The third kappa shape index (κ3) is 4.00. The molecule has 0 aliphatic heterocycles. The van der Waals surface area contributed by atoms with Crippen LogP contribution in [0.5, 0.6) is 0 Å². The van der Waals surface area contributed by atoms with Gasteiger partial charge in [0.2, 0.25) is 11.8 Å². The lowest BCUT2D eigenvalue weighted by Gasteiger charge is -2.16. The van der Waals surface area contributed by atoms with E-state index >= 15 is 0 Å². The summed E-state index contributed by atoms with van der Waals surface area (Å²) in [7, 11) is 0. The van der Waals surface area contributed by atoms with Crippen LogP contribution in [0, 0.1) is 12.7 Å². The van der Waals surface area contributed by atoms with Crippen molar-refractivity contribution in [1.29, 1.82) is 0 Å². The Balaban J connectivity index is 1.64. The van der Waals surface area contributed by atoms with Gasteiger partial charge in [-0.05, 0) is 30.7 Å². The second-order valence-electron chi connectivity index (χ2n) is 6.63. The average molecular weight is 373 g/mol. The van der Waals surface area contributed by atoms with Crippen LogP contribution in [0.4, 0.5) is 4.39 Å². The van der Waals surface area contributed by atoms with Crippen molar-refractivity contribution >= 4 is 0 Å². The second kappa shape index (κ2) is 8.15. The molecule has 0 fully saturated rings. The molecule has 0 bridgehead atoms. The minimum atomic E-state index is -0.549. The number of aromatic nitrogens is 2. The highest BCUT2D eigenvalue weighted by molar-refractivity contribution is 5.51. The first-order valence-electron chi connectivity index (χ1n) is 9.13. The molecule has 140 valence electrons. The third-order valence-electron chi connectivity index (χ3n) is 4.56. The van der Waals surface area contributed by atoms with Gasteiger partial charge in [0.15, 0.2) is 0 Å². The number of halogens is 1. The normalized spacial score (nSPS) is 12.1. The summed E-state index contributed by atoms with van der Waals surface area (Å²) in [4.78, 5) is 0. The maximum Gasteiger partial charge on any atom is 0.247 e. The Morgan fingerprint density at radius 2 is 1.61 bits per heavy atom. The third-order valence-corrected chi connectivity index (χ3v) is 4.56. The maximum absolute atomic E-state index is 14.5. The van der Waals surface area contributed by atoms with Crippen molar-refractivity contribution in [2.45, 2.75) is 19.5 Å². The second-order valence-corrected chi connectivity index (χ2v) is 6.63. The lowest BCUT2D eigenvalue weighted by Crippen LogP contribution is -2.23. The molecule has 0 saturated carbocycles. The van der Waals surface area contributed by atoms with Crippen molar-refractivity contribution in [3.05, 3.63) is 107 Å². The molecule has 1 aromatic heterocycles. The molecular formula is C23H20FN3O. The summed E-state index contributed by atoms with van der Waals surface area (Å²) in [5, 5.41) is 11.7. The van der Waals surface area contributed by atoms with Crippen LogP contribution in [-0.2, 0) is 6.54 Å². The molecule has 5 heteroatoms. The number of benzene rings is 3. The molecule has 0 spiro atoms. The van der Waals surface area contributed by atoms with E-state index in [1.165, 1.54) is 11.6 Å². The number of nitrogens with zero attached hydrogens (tertiary/aromatic N) is 2. The van der Waals surface area contributed by atoms with Crippen LogP contribution in [0.15, 0.2) is 83.3 Å². The molecule has 1 unspecified atom stereocenters. The van der Waals surface area contributed by atoms with E-state index in [4.69, 9.17) is 4.42 Å². The van der Waals surface area contributed by atoms with Gasteiger partial charge < -0.3 is 4.42 Å². The monoisotopic (exact) mass is 373 g/mol. The molecule has 4 nitrogen and oxygen atoms in total. The first-order chi connectivity index (χ1) is 13.7. The minimum absolute atomic E-state index is 0.316. The van der Waals surface area contributed by atoms with Crippen molar-refractivity contribution in [2.24, 2.45) is 0 Å². The van der Waals surface area contributed by atoms with E-state index in [2.05, 4.69) is 27.6 Å². The number of hydrogen-bond acceptors (Lipinski definition) is 4. The fourth-order valence-corrected chi connectivity index (χ4v) is 3.01. The van der Waals surface area contributed by atoms with Gasteiger partial charge in [-0.1, -0.05) is 66.2 Å². The van der Waals surface area contributed by atoms with Gasteiger partial charge in [0, 0.05) is 17.7 Å². The Labute approximate surface area is 163 Å². The Bertz CT molecular complexity index is 1040. The molecule has 1 atom stereocenters. The molecule has 1 N–H and O–H groups in total. The van der Waals surface area contributed by atoms with E-state index in [1.54, 1.807) is 18.2 Å². The molecule has 0 aliphatic carbocycles. The van der Waals surface area contributed by atoms with E-state index in [0.29, 0.717) is 23.9 Å². The van der Waals surface area contributed by atoms with Gasteiger partial charge in [-0.15, -0.1) is 10.2 Å². The number of rotatable bonds is 6. The van der Waals surface area contributed by atoms with Gasteiger partial charge in [-0.25, -0.2) is 4.39 Å². The largest absolute Gasteiger partial charge is 0.419 e. The van der Waals surface area contributed by atoms with Crippen LogP contribution in [-0.4, -0.2) is 10.2 Å². The summed E-state index contributed by atoms with van der Waals surface area (Å²) < 4.78 is 20.4. The van der Waals surface area contributed by atoms with Gasteiger partial charge in [-0.2, -0.15) is 0 Å². The number of nitrogens with one attached hydrogen (secondary N) is 1. The van der Waals surface area contributed by atoms with Crippen molar-refractivity contribution in [2.75, 3.05) is 0 Å². The van der Waals surface area contributed by atoms with Crippen molar-refractivity contribution in [3.8, 4) is 11.5 Å². The quantitative estimate of drug-likeness (QED) is 0.513. The van der Waals surface area contributed by atoms with E-state index in [0.717, 1.165) is 11.1 Å². The van der Waals surface area contributed by atoms with E-state index in [-0.39, 0.29) is 5.82 Å². The van der Waals surface area contributed by atoms with Crippen LogP contribution in [0.25, 0.3) is 11.5 Å². The predicted molar refractivity (Wildman–Crippen MR) is 106 cm³/mol. The first kappa shape index (κ1) is 18.1. The van der Waals surface area contributed by atoms with Crippen molar-refractivity contribution in [3.63, 3.8) is 0 Å². The van der Waals surface area contributed by atoms with Crippen molar-refractivity contribution < 1.29 is 8.81 Å². The van der Waals surface area contributed by atoms with Gasteiger partial charge in [0.1, 0.15) is 11.9 Å². The zero-order chi connectivity index (χ0) is 19.3. The molecule has 0 amide bonds. The maximum atomic E-state index is 14.5. The summed E-state index contributed by atoms with van der Waals surface area (Å²) in [5.41, 5.74) is 3.58. The van der Waals surface area contributed by atoms with Crippen LogP contribution >= 0.6 is 0 Å². The summed E-state index contributed by atoms with van der Waals surface area (Å²) >= 11 is 0. The molecule has 3 aromatic carbocycles. The lowest BCUT2D eigenvalue weighted by molar-refractivity contribution is 0.427. The van der Waals surface area contributed by atoms with Gasteiger partial charge >= 0.3 is 0 Å². The highest BCUT2D eigenvalue weighted by Gasteiger charge is 2.23. The highest BCUT2D eigenvalue weighted by Crippen LogP contribution is 2.27. The Morgan fingerprint density at radius 3 is 2.36 bits per heavy atom. The molecule has 4 rings (SSSR count). The smallest absolute Gasteiger partial charge is 0.247 e. The Hall–Kier alpha value is -3.31. The van der Waals surface area contributed by atoms with E-state index in [1.807, 2.05) is 49.4 Å².